The van der Waals surface area contributed by atoms with E-state index in [0.717, 1.165) is 18.4 Å². The van der Waals surface area contributed by atoms with E-state index < -0.39 is 11.0 Å². The van der Waals surface area contributed by atoms with Crippen molar-refractivity contribution in [1.82, 2.24) is 0 Å². The molecule has 2 atom stereocenters. The lowest BCUT2D eigenvalue weighted by molar-refractivity contribution is -0.159. The van der Waals surface area contributed by atoms with Crippen LogP contribution in [0, 0.1) is 5.41 Å². The molecule has 0 amide bonds. The molecule has 0 radical (unpaired) electrons. The van der Waals surface area contributed by atoms with Crippen molar-refractivity contribution in [2.45, 2.75) is 43.6 Å². The quantitative estimate of drug-likeness (QED) is 0.850. The molecule has 2 saturated carbocycles. The standard InChI is InChI=1S/C16H20O3/c1-19-14(17)16(15(18)9-5-6-10-15)11-13(16)12-7-3-2-4-8-12/h2-4,7-8,13,18H,5-6,9-11H2,1H3. The Kier molecular flexibility index (Phi) is 2.90. The highest BCUT2D eigenvalue weighted by atomic mass is 16.5. The molecule has 1 aromatic rings. The van der Waals surface area contributed by atoms with E-state index >= 15 is 0 Å². The predicted octanol–water partition coefficient (Wildman–Crippen LogP) is 2.64. The van der Waals surface area contributed by atoms with Crippen LogP contribution in [-0.2, 0) is 9.53 Å². The topological polar surface area (TPSA) is 46.5 Å². The molecule has 102 valence electrons. The van der Waals surface area contributed by atoms with Crippen molar-refractivity contribution in [3.05, 3.63) is 35.9 Å². The second kappa shape index (κ2) is 4.34. The fourth-order valence-corrected chi connectivity index (χ4v) is 3.87. The summed E-state index contributed by atoms with van der Waals surface area (Å²) in [5.74, 6) is -0.144. The van der Waals surface area contributed by atoms with Crippen LogP contribution in [-0.4, -0.2) is 23.8 Å². The Morgan fingerprint density at radius 3 is 2.47 bits per heavy atom. The van der Waals surface area contributed by atoms with Gasteiger partial charge in [-0.25, -0.2) is 0 Å². The highest BCUT2D eigenvalue weighted by molar-refractivity contribution is 5.84. The second-order valence-corrected chi connectivity index (χ2v) is 5.87. The molecule has 2 aliphatic carbocycles. The Labute approximate surface area is 113 Å². The lowest BCUT2D eigenvalue weighted by atomic mass is 9.79. The van der Waals surface area contributed by atoms with Crippen molar-refractivity contribution in [3.63, 3.8) is 0 Å². The van der Waals surface area contributed by atoms with Gasteiger partial charge in [0.05, 0.1) is 12.7 Å². The van der Waals surface area contributed by atoms with Crippen LogP contribution in [0.5, 0.6) is 0 Å². The van der Waals surface area contributed by atoms with Crippen LogP contribution in [0.2, 0.25) is 0 Å². The van der Waals surface area contributed by atoms with Crippen LogP contribution in [0.1, 0.15) is 43.6 Å². The number of aliphatic hydroxyl groups is 1. The summed E-state index contributed by atoms with van der Waals surface area (Å²) < 4.78 is 5.01. The molecule has 3 rings (SSSR count). The molecule has 1 N–H and O–H groups in total. The Morgan fingerprint density at radius 1 is 1.26 bits per heavy atom. The number of carbonyl (C=O) groups excluding carboxylic acids is 1. The SMILES string of the molecule is COC(=O)C1(C2(O)CCCC2)CC1c1ccccc1. The fraction of sp³-hybridized carbons (Fsp3) is 0.562. The molecule has 0 bridgehead atoms. The zero-order valence-corrected chi connectivity index (χ0v) is 11.3. The third-order valence-corrected chi connectivity index (χ3v) is 4.97. The molecule has 1 aromatic carbocycles. The van der Waals surface area contributed by atoms with Crippen molar-refractivity contribution in [2.24, 2.45) is 5.41 Å². The van der Waals surface area contributed by atoms with Crippen molar-refractivity contribution in [1.29, 1.82) is 0 Å². The Balaban J connectivity index is 1.96. The molecular formula is C16H20O3. The van der Waals surface area contributed by atoms with Gasteiger partial charge in [-0.3, -0.25) is 4.79 Å². The first-order valence-corrected chi connectivity index (χ1v) is 7.00. The summed E-state index contributed by atoms with van der Waals surface area (Å²) >= 11 is 0. The van der Waals surface area contributed by atoms with Gasteiger partial charge in [0.2, 0.25) is 0 Å². The molecule has 19 heavy (non-hydrogen) atoms. The van der Waals surface area contributed by atoms with Gasteiger partial charge < -0.3 is 9.84 Å². The number of carbonyl (C=O) groups is 1. The number of benzene rings is 1. The van der Waals surface area contributed by atoms with Gasteiger partial charge in [-0.2, -0.15) is 0 Å². The predicted molar refractivity (Wildman–Crippen MR) is 71.7 cm³/mol. The summed E-state index contributed by atoms with van der Waals surface area (Å²) in [5, 5.41) is 10.9. The van der Waals surface area contributed by atoms with Crippen molar-refractivity contribution >= 4 is 5.97 Å². The highest BCUT2D eigenvalue weighted by Gasteiger charge is 2.72. The molecule has 3 heteroatoms. The number of hydrogen-bond donors (Lipinski definition) is 1. The highest BCUT2D eigenvalue weighted by Crippen LogP contribution is 2.68. The fourth-order valence-electron chi connectivity index (χ4n) is 3.87. The zero-order chi connectivity index (χ0) is 13.5. The van der Waals surface area contributed by atoms with Crippen LogP contribution in [0.15, 0.2) is 30.3 Å². The molecule has 2 aliphatic rings. The number of ether oxygens (including phenoxy) is 1. The van der Waals surface area contributed by atoms with Crippen LogP contribution < -0.4 is 0 Å². The molecule has 0 aliphatic heterocycles. The minimum Gasteiger partial charge on any atom is -0.468 e. The van der Waals surface area contributed by atoms with Gasteiger partial charge in [0.1, 0.15) is 5.41 Å². The van der Waals surface area contributed by atoms with E-state index in [2.05, 4.69) is 0 Å². The lowest BCUT2D eigenvalue weighted by Gasteiger charge is -2.32. The maximum Gasteiger partial charge on any atom is 0.315 e. The van der Waals surface area contributed by atoms with Gasteiger partial charge in [0, 0.05) is 5.92 Å². The number of hydrogen-bond acceptors (Lipinski definition) is 3. The number of esters is 1. The van der Waals surface area contributed by atoms with Crippen LogP contribution in [0.3, 0.4) is 0 Å². The average Bonchev–Trinajstić information content (AvgIpc) is 3.08. The summed E-state index contributed by atoms with van der Waals surface area (Å²) in [4.78, 5) is 12.3. The molecule has 0 saturated heterocycles. The third-order valence-electron chi connectivity index (χ3n) is 4.97. The van der Waals surface area contributed by atoms with Gasteiger partial charge in [0.25, 0.3) is 0 Å². The monoisotopic (exact) mass is 260 g/mol. The summed E-state index contributed by atoms with van der Waals surface area (Å²) in [6.45, 7) is 0. The molecule has 2 fully saturated rings. The Morgan fingerprint density at radius 2 is 1.89 bits per heavy atom. The van der Waals surface area contributed by atoms with Gasteiger partial charge in [-0.15, -0.1) is 0 Å². The molecule has 0 heterocycles. The van der Waals surface area contributed by atoms with Gasteiger partial charge in [0.15, 0.2) is 0 Å². The molecule has 3 nitrogen and oxygen atoms in total. The largest absolute Gasteiger partial charge is 0.468 e. The maximum absolute atomic E-state index is 12.3. The number of methoxy groups -OCH3 is 1. The summed E-state index contributed by atoms with van der Waals surface area (Å²) in [6, 6.07) is 10.0. The second-order valence-electron chi connectivity index (χ2n) is 5.87. The van der Waals surface area contributed by atoms with Crippen LogP contribution >= 0.6 is 0 Å². The third kappa shape index (κ3) is 1.71. The lowest BCUT2D eigenvalue weighted by Crippen LogP contribution is -2.43. The molecular weight excluding hydrogens is 240 g/mol. The van der Waals surface area contributed by atoms with Crippen molar-refractivity contribution in [2.75, 3.05) is 7.11 Å². The van der Waals surface area contributed by atoms with E-state index in [1.54, 1.807) is 0 Å². The smallest absolute Gasteiger partial charge is 0.315 e. The Hall–Kier alpha value is -1.35. The van der Waals surface area contributed by atoms with E-state index in [4.69, 9.17) is 4.74 Å². The van der Waals surface area contributed by atoms with E-state index in [0.29, 0.717) is 19.3 Å². The van der Waals surface area contributed by atoms with E-state index in [9.17, 15) is 9.90 Å². The maximum atomic E-state index is 12.3. The zero-order valence-electron chi connectivity index (χ0n) is 11.3. The summed E-state index contributed by atoms with van der Waals surface area (Å²) in [7, 11) is 1.42. The van der Waals surface area contributed by atoms with Gasteiger partial charge >= 0.3 is 5.97 Å². The molecule has 2 unspecified atom stereocenters. The van der Waals surface area contributed by atoms with E-state index in [-0.39, 0.29) is 11.9 Å². The first-order chi connectivity index (χ1) is 9.14. The minimum absolute atomic E-state index is 0.101. The van der Waals surface area contributed by atoms with Crippen molar-refractivity contribution in [3.8, 4) is 0 Å². The first-order valence-electron chi connectivity index (χ1n) is 7.00. The van der Waals surface area contributed by atoms with Crippen LogP contribution in [0.25, 0.3) is 0 Å². The molecule has 0 aromatic heterocycles. The van der Waals surface area contributed by atoms with E-state index in [1.165, 1.54) is 7.11 Å². The average molecular weight is 260 g/mol. The first kappa shape index (κ1) is 12.7. The normalized spacial score (nSPS) is 32.0. The minimum atomic E-state index is -0.874. The van der Waals surface area contributed by atoms with Gasteiger partial charge in [-0.05, 0) is 24.8 Å². The summed E-state index contributed by atoms with van der Waals surface area (Å²) in [5.41, 5.74) is -0.451. The Bertz CT molecular complexity index is 476. The van der Waals surface area contributed by atoms with Gasteiger partial charge in [-0.1, -0.05) is 43.2 Å². The molecule has 0 spiro atoms. The van der Waals surface area contributed by atoms with E-state index in [1.807, 2.05) is 30.3 Å². The van der Waals surface area contributed by atoms with Crippen LogP contribution in [0.4, 0.5) is 0 Å². The van der Waals surface area contributed by atoms with Crippen molar-refractivity contribution < 1.29 is 14.6 Å². The number of rotatable bonds is 3. The summed E-state index contributed by atoms with van der Waals surface area (Å²) in [6.07, 6.45) is 4.13.